The molecule has 1 aromatic carbocycles. The van der Waals surface area contributed by atoms with Gasteiger partial charge in [0.1, 0.15) is 0 Å². The summed E-state index contributed by atoms with van der Waals surface area (Å²) in [6, 6.07) is 9.56. The molecule has 0 bridgehead atoms. The van der Waals surface area contributed by atoms with Gasteiger partial charge >= 0.3 is 0 Å². The first-order valence-corrected chi connectivity index (χ1v) is 7.14. The molecule has 0 fully saturated rings. The first kappa shape index (κ1) is 15.9. The zero-order chi connectivity index (χ0) is 16.1. The molecule has 0 unspecified atom stereocenters. The van der Waals surface area contributed by atoms with Gasteiger partial charge in [0.25, 0.3) is 0 Å². The first-order chi connectivity index (χ1) is 10.5. The van der Waals surface area contributed by atoms with E-state index in [9.17, 15) is 4.79 Å². The largest absolute Gasteiger partial charge is 0.493 e. The summed E-state index contributed by atoms with van der Waals surface area (Å²) >= 11 is 0. The van der Waals surface area contributed by atoms with Crippen LogP contribution in [0, 0.1) is 6.92 Å². The fourth-order valence-corrected chi connectivity index (χ4v) is 2.27. The van der Waals surface area contributed by atoms with Gasteiger partial charge in [-0.2, -0.15) is 0 Å². The number of hydrogen-bond acceptors (Lipinski definition) is 3. The standard InChI is InChI=1S/C17H22N2O3/c1-12-5-7-14(19(12)2)11-18-17(20)10-13-6-8-15(21-3)16(9-13)22-4/h5-9H,10-11H2,1-4H3,(H,18,20). The quantitative estimate of drug-likeness (QED) is 0.890. The summed E-state index contributed by atoms with van der Waals surface area (Å²) < 4.78 is 12.5. The van der Waals surface area contributed by atoms with Gasteiger partial charge in [0.15, 0.2) is 11.5 Å². The molecule has 5 nitrogen and oxygen atoms in total. The van der Waals surface area contributed by atoms with Gasteiger partial charge in [-0.25, -0.2) is 0 Å². The zero-order valence-electron chi connectivity index (χ0n) is 13.5. The number of carbonyl (C=O) groups excluding carboxylic acids is 1. The molecular formula is C17H22N2O3. The molecule has 2 aromatic rings. The van der Waals surface area contributed by atoms with Gasteiger partial charge in [0, 0.05) is 18.4 Å². The van der Waals surface area contributed by atoms with Crippen molar-refractivity contribution in [3.8, 4) is 11.5 Å². The minimum absolute atomic E-state index is 0.0222. The van der Waals surface area contributed by atoms with Crippen LogP contribution >= 0.6 is 0 Å². The van der Waals surface area contributed by atoms with E-state index >= 15 is 0 Å². The van der Waals surface area contributed by atoms with E-state index in [1.54, 1.807) is 14.2 Å². The van der Waals surface area contributed by atoms with E-state index in [1.807, 2.05) is 44.3 Å². The summed E-state index contributed by atoms with van der Waals surface area (Å²) in [6.45, 7) is 2.56. The highest BCUT2D eigenvalue weighted by Crippen LogP contribution is 2.27. The lowest BCUT2D eigenvalue weighted by Gasteiger charge is -2.10. The lowest BCUT2D eigenvalue weighted by molar-refractivity contribution is -0.120. The fraction of sp³-hybridized carbons (Fsp3) is 0.353. The number of nitrogens with zero attached hydrogens (tertiary/aromatic N) is 1. The first-order valence-electron chi connectivity index (χ1n) is 7.14. The van der Waals surface area contributed by atoms with Gasteiger partial charge in [-0.1, -0.05) is 6.07 Å². The van der Waals surface area contributed by atoms with Crippen LogP contribution in [0.4, 0.5) is 0 Å². The average Bonchev–Trinajstić information content (AvgIpc) is 2.84. The highest BCUT2D eigenvalue weighted by atomic mass is 16.5. The predicted octanol–water partition coefficient (Wildman–Crippen LogP) is 2.21. The summed E-state index contributed by atoms with van der Waals surface area (Å²) in [5.41, 5.74) is 3.14. The van der Waals surface area contributed by atoms with Crippen molar-refractivity contribution >= 4 is 5.91 Å². The number of methoxy groups -OCH3 is 2. The van der Waals surface area contributed by atoms with Gasteiger partial charge in [0.2, 0.25) is 5.91 Å². The van der Waals surface area contributed by atoms with Crippen LogP contribution in [0.15, 0.2) is 30.3 Å². The molecule has 1 aromatic heterocycles. The summed E-state index contributed by atoms with van der Waals surface area (Å²) in [4.78, 5) is 12.1. The molecule has 0 saturated carbocycles. The van der Waals surface area contributed by atoms with E-state index in [4.69, 9.17) is 9.47 Å². The molecule has 5 heteroatoms. The number of benzene rings is 1. The number of aromatic nitrogens is 1. The van der Waals surface area contributed by atoms with Crippen molar-refractivity contribution in [1.29, 1.82) is 0 Å². The predicted molar refractivity (Wildman–Crippen MR) is 85.2 cm³/mol. The van der Waals surface area contributed by atoms with Crippen molar-refractivity contribution in [3.63, 3.8) is 0 Å². The summed E-state index contributed by atoms with van der Waals surface area (Å²) in [5.74, 6) is 1.27. The Kier molecular flexibility index (Phi) is 5.09. The second kappa shape index (κ2) is 7.02. The Morgan fingerprint density at radius 2 is 1.86 bits per heavy atom. The smallest absolute Gasteiger partial charge is 0.224 e. The van der Waals surface area contributed by atoms with Crippen molar-refractivity contribution in [2.75, 3.05) is 14.2 Å². The van der Waals surface area contributed by atoms with E-state index in [2.05, 4.69) is 9.88 Å². The molecule has 0 aliphatic carbocycles. The number of rotatable bonds is 6. The van der Waals surface area contributed by atoms with Crippen LogP contribution in [0.25, 0.3) is 0 Å². The topological polar surface area (TPSA) is 52.5 Å². The maximum Gasteiger partial charge on any atom is 0.224 e. The molecule has 0 aliphatic rings. The third kappa shape index (κ3) is 3.61. The number of nitrogens with one attached hydrogen (secondary N) is 1. The molecule has 2 rings (SSSR count). The molecule has 118 valence electrons. The van der Waals surface area contributed by atoms with Crippen molar-refractivity contribution < 1.29 is 14.3 Å². The number of amides is 1. The number of ether oxygens (including phenoxy) is 2. The molecule has 0 spiro atoms. The van der Waals surface area contributed by atoms with Gasteiger partial charge in [-0.05, 0) is 36.8 Å². The van der Waals surface area contributed by atoms with Crippen molar-refractivity contribution in [1.82, 2.24) is 9.88 Å². The molecule has 0 aliphatic heterocycles. The monoisotopic (exact) mass is 302 g/mol. The van der Waals surface area contributed by atoms with Crippen LogP contribution in [0.2, 0.25) is 0 Å². The normalized spacial score (nSPS) is 10.4. The van der Waals surface area contributed by atoms with Crippen molar-refractivity contribution in [3.05, 3.63) is 47.3 Å². The van der Waals surface area contributed by atoms with E-state index in [0.717, 1.165) is 11.3 Å². The highest BCUT2D eigenvalue weighted by Gasteiger charge is 2.09. The minimum Gasteiger partial charge on any atom is -0.493 e. The van der Waals surface area contributed by atoms with Crippen molar-refractivity contribution in [2.24, 2.45) is 7.05 Å². The molecule has 0 saturated heterocycles. The fourth-order valence-electron chi connectivity index (χ4n) is 2.27. The molecule has 0 radical (unpaired) electrons. The number of aryl methyl sites for hydroxylation is 1. The third-order valence-electron chi connectivity index (χ3n) is 3.76. The second-order valence-corrected chi connectivity index (χ2v) is 5.17. The average molecular weight is 302 g/mol. The number of hydrogen-bond donors (Lipinski definition) is 1. The van der Waals surface area contributed by atoms with E-state index in [1.165, 1.54) is 5.69 Å². The summed E-state index contributed by atoms with van der Waals surface area (Å²) in [7, 11) is 5.16. The Bertz CT molecular complexity index is 662. The molecule has 0 atom stereocenters. The lowest BCUT2D eigenvalue weighted by Crippen LogP contribution is -2.25. The maximum atomic E-state index is 12.1. The van der Waals surface area contributed by atoms with Gasteiger partial charge in [-0.15, -0.1) is 0 Å². The van der Waals surface area contributed by atoms with Crippen LogP contribution < -0.4 is 14.8 Å². The minimum atomic E-state index is -0.0222. The second-order valence-electron chi connectivity index (χ2n) is 5.17. The maximum absolute atomic E-state index is 12.1. The van der Waals surface area contributed by atoms with Crippen LogP contribution in [-0.2, 0) is 24.8 Å². The summed E-state index contributed by atoms with van der Waals surface area (Å²) in [6.07, 6.45) is 0.309. The Hall–Kier alpha value is -2.43. The van der Waals surface area contributed by atoms with E-state index in [0.29, 0.717) is 24.5 Å². The lowest BCUT2D eigenvalue weighted by atomic mass is 10.1. The Balaban J connectivity index is 1.96. The van der Waals surface area contributed by atoms with Crippen molar-refractivity contribution in [2.45, 2.75) is 19.9 Å². The van der Waals surface area contributed by atoms with Crippen LogP contribution in [0.1, 0.15) is 17.0 Å². The van der Waals surface area contributed by atoms with Crippen LogP contribution in [-0.4, -0.2) is 24.7 Å². The van der Waals surface area contributed by atoms with Crippen LogP contribution in [0.5, 0.6) is 11.5 Å². The zero-order valence-corrected chi connectivity index (χ0v) is 13.5. The van der Waals surface area contributed by atoms with E-state index in [-0.39, 0.29) is 5.91 Å². The van der Waals surface area contributed by atoms with E-state index < -0.39 is 0 Å². The molecule has 1 amide bonds. The van der Waals surface area contributed by atoms with Gasteiger partial charge < -0.3 is 19.4 Å². The third-order valence-corrected chi connectivity index (χ3v) is 3.76. The summed E-state index contributed by atoms with van der Waals surface area (Å²) in [5, 5.41) is 2.94. The Morgan fingerprint density at radius 1 is 1.14 bits per heavy atom. The highest BCUT2D eigenvalue weighted by molar-refractivity contribution is 5.78. The molecular weight excluding hydrogens is 280 g/mol. The van der Waals surface area contributed by atoms with Gasteiger partial charge in [0.05, 0.1) is 27.2 Å². The van der Waals surface area contributed by atoms with Crippen LogP contribution in [0.3, 0.4) is 0 Å². The molecule has 1 heterocycles. The Morgan fingerprint density at radius 3 is 2.45 bits per heavy atom. The number of carbonyl (C=O) groups is 1. The Labute approximate surface area is 130 Å². The van der Waals surface area contributed by atoms with Gasteiger partial charge in [-0.3, -0.25) is 4.79 Å². The molecule has 1 N–H and O–H groups in total. The molecule has 22 heavy (non-hydrogen) atoms. The SMILES string of the molecule is COc1ccc(CC(=O)NCc2ccc(C)n2C)cc1OC.